The van der Waals surface area contributed by atoms with E-state index in [2.05, 4.69) is 4.84 Å². The SMILES string of the molecule is Cc1ccc(Cl)c(CON)c1C. The van der Waals surface area contributed by atoms with Crippen LogP contribution in [0.15, 0.2) is 12.1 Å². The molecule has 0 fully saturated rings. The minimum atomic E-state index is 0.367. The van der Waals surface area contributed by atoms with Crippen LogP contribution in [0.2, 0.25) is 5.02 Å². The molecule has 12 heavy (non-hydrogen) atoms. The van der Waals surface area contributed by atoms with Gasteiger partial charge in [0.2, 0.25) is 0 Å². The second kappa shape index (κ2) is 3.90. The predicted octanol–water partition coefficient (Wildman–Crippen LogP) is 2.35. The van der Waals surface area contributed by atoms with Gasteiger partial charge in [0, 0.05) is 10.6 Å². The van der Waals surface area contributed by atoms with Crippen LogP contribution in [0, 0.1) is 13.8 Å². The Morgan fingerprint density at radius 2 is 2.08 bits per heavy atom. The van der Waals surface area contributed by atoms with E-state index in [1.54, 1.807) is 0 Å². The van der Waals surface area contributed by atoms with Crippen LogP contribution in [0.4, 0.5) is 0 Å². The maximum absolute atomic E-state index is 5.94. The quantitative estimate of drug-likeness (QED) is 0.718. The van der Waals surface area contributed by atoms with Crippen LogP contribution in [-0.2, 0) is 11.4 Å². The van der Waals surface area contributed by atoms with E-state index in [0.29, 0.717) is 11.6 Å². The predicted molar refractivity (Wildman–Crippen MR) is 49.9 cm³/mol. The van der Waals surface area contributed by atoms with E-state index >= 15 is 0 Å². The largest absolute Gasteiger partial charge is 0.300 e. The Morgan fingerprint density at radius 1 is 1.42 bits per heavy atom. The van der Waals surface area contributed by atoms with E-state index in [9.17, 15) is 0 Å². The van der Waals surface area contributed by atoms with Crippen molar-refractivity contribution >= 4 is 11.6 Å². The molecule has 0 atom stereocenters. The highest BCUT2D eigenvalue weighted by Crippen LogP contribution is 2.22. The molecule has 66 valence electrons. The summed E-state index contributed by atoms with van der Waals surface area (Å²) in [6.45, 7) is 4.41. The highest BCUT2D eigenvalue weighted by molar-refractivity contribution is 6.31. The first-order valence-electron chi connectivity index (χ1n) is 3.73. The monoisotopic (exact) mass is 185 g/mol. The summed E-state index contributed by atoms with van der Waals surface area (Å²) in [6, 6.07) is 3.84. The summed E-state index contributed by atoms with van der Waals surface area (Å²) < 4.78 is 0. The molecular formula is C9H12ClNO. The van der Waals surface area contributed by atoms with Crippen molar-refractivity contribution in [3.05, 3.63) is 33.8 Å². The van der Waals surface area contributed by atoms with E-state index in [1.807, 2.05) is 26.0 Å². The summed E-state index contributed by atoms with van der Waals surface area (Å²) in [6.07, 6.45) is 0. The Labute approximate surface area is 77.2 Å². The number of halogens is 1. The highest BCUT2D eigenvalue weighted by Gasteiger charge is 2.05. The van der Waals surface area contributed by atoms with E-state index in [4.69, 9.17) is 17.5 Å². The lowest BCUT2D eigenvalue weighted by Gasteiger charge is -2.08. The second-order valence-corrected chi connectivity index (χ2v) is 3.19. The van der Waals surface area contributed by atoms with E-state index in [0.717, 1.165) is 11.1 Å². The zero-order chi connectivity index (χ0) is 9.14. The Bertz CT molecular complexity index is 286. The molecule has 2 nitrogen and oxygen atoms in total. The Morgan fingerprint density at radius 3 is 2.67 bits per heavy atom. The van der Waals surface area contributed by atoms with Crippen LogP contribution in [0.25, 0.3) is 0 Å². The molecule has 0 aliphatic heterocycles. The molecule has 0 heterocycles. The topological polar surface area (TPSA) is 35.2 Å². The zero-order valence-corrected chi connectivity index (χ0v) is 7.98. The zero-order valence-electron chi connectivity index (χ0n) is 7.23. The summed E-state index contributed by atoms with van der Waals surface area (Å²) in [4.78, 5) is 4.56. The van der Waals surface area contributed by atoms with Gasteiger partial charge in [-0.2, -0.15) is 0 Å². The molecule has 0 amide bonds. The van der Waals surface area contributed by atoms with Crippen LogP contribution in [-0.4, -0.2) is 0 Å². The maximum atomic E-state index is 5.94. The van der Waals surface area contributed by atoms with Gasteiger partial charge in [0.05, 0.1) is 6.61 Å². The van der Waals surface area contributed by atoms with E-state index < -0.39 is 0 Å². The third kappa shape index (κ3) is 1.78. The molecular weight excluding hydrogens is 174 g/mol. The lowest BCUT2D eigenvalue weighted by atomic mass is 10.0. The summed E-state index contributed by atoms with van der Waals surface area (Å²) in [5.41, 5.74) is 3.32. The average Bonchev–Trinajstić information content (AvgIpc) is 2.06. The van der Waals surface area contributed by atoms with E-state index in [-0.39, 0.29) is 0 Å². The Kier molecular flexibility index (Phi) is 3.09. The number of nitrogens with two attached hydrogens (primary N) is 1. The van der Waals surface area contributed by atoms with Gasteiger partial charge in [-0.25, -0.2) is 5.90 Å². The number of aryl methyl sites for hydroxylation is 1. The summed E-state index contributed by atoms with van der Waals surface area (Å²) >= 11 is 5.94. The van der Waals surface area contributed by atoms with Gasteiger partial charge in [0.15, 0.2) is 0 Å². The lowest BCUT2D eigenvalue weighted by molar-refractivity contribution is 0.123. The molecule has 2 N–H and O–H groups in total. The maximum Gasteiger partial charge on any atom is 0.0947 e. The van der Waals surface area contributed by atoms with Gasteiger partial charge in [-0.3, -0.25) is 4.84 Å². The molecule has 0 bridgehead atoms. The average molecular weight is 186 g/mol. The fourth-order valence-corrected chi connectivity index (χ4v) is 1.36. The highest BCUT2D eigenvalue weighted by atomic mass is 35.5. The molecule has 1 aromatic carbocycles. The summed E-state index contributed by atoms with van der Waals surface area (Å²) in [7, 11) is 0. The number of rotatable bonds is 2. The summed E-state index contributed by atoms with van der Waals surface area (Å²) in [5.74, 6) is 4.99. The Balaban J connectivity index is 3.14. The third-order valence-corrected chi connectivity index (χ3v) is 2.39. The van der Waals surface area contributed by atoms with Crippen LogP contribution >= 0.6 is 11.6 Å². The first kappa shape index (κ1) is 9.52. The van der Waals surface area contributed by atoms with Crippen LogP contribution in [0.1, 0.15) is 16.7 Å². The molecule has 0 radical (unpaired) electrons. The van der Waals surface area contributed by atoms with Crippen molar-refractivity contribution in [2.75, 3.05) is 0 Å². The molecule has 0 saturated carbocycles. The van der Waals surface area contributed by atoms with Crippen molar-refractivity contribution < 1.29 is 4.84 Å². The minimum Gasteiger partial charge on any atom is -0.300 e. The van der Waals surface area contributed by atoms with Crippen molar-refractivity contribution in [3.8, 4) is 0 Å². The number of benzene rings is 1. The van der Waals surface area contributed by atoms with Crippen molar-refractivity contribution in [2.45, 2.75) is 20.5 Å². The first-order valence-corrected chi connectivity index (χ1v) is 4.11. The first-order chi connectivity index (χ1) is 5.66. The van der Waals surface area contributed by atoms with Crippen LogP contribution in [0.5, 0.6) is 0 Å². The van der Waals surface area contributed by atoms with Crippen molar-refractivity contribution in [1.29, 1.82) is 0 Å². The van der Waals surface area contributed by atoms with Gasteiger partial charge in [-0.05, 0) is 31.0 Å². The van der Waals surface area contributed by atoms with Crippen molar-refractivity contribution in [1.82, 2.24) is 0 Å². The molecule has 0 aliphatic carbocycles. The smallest absolute Gasteiger partial charge is 0.0947 e. The molecule has 0 aliphatic rings. The minimum absolute atomic E-state index is 0.367. The second-order valence-electron chi connectivity index (χ2n) is 2.78. The van der Waals surface area contributed by atoms with Crippen molar-refractivity contribution in [2.24, 2.45) is 5.90 Å². The fourth-order valence-electron chi connectivity index (χ4n) is 1.10. The van der Waals surface area contributed by atoms with Gasteiger partial charge < -0.3 is 0 Å². The molecule has 0 saturated heterocycles. The Hall–Kier alpha value is -0.570. The van der Waals surface area contributed by atoms with Crippen LogP contribution in [0.3, 0.4) is 0 Å². The molecule has 3 heteroatoms. The van der Waals surface area contributed by atoms with Crippen molar-refractivity contribution in [3.63, 3.8) is 0 Å². The van der Waals surface area contributed by atoms with Crippen LogP contribution < -0.4 is 5.90 Å². The van der Waals surface area contributed by atoms with Gasteiger partial charge in [0.1, 0.15) is 0 Å². The molecule has 0 aromatic heterocycles. The van der Waals surface area contributed by atoms with Gasteiger partial charge in [-0.15, -0.1) is 0 Å². The number of hydrogen-bond acceptors (Lipinski definition) is 2. The molecule has 1 rings (SSSR count). The lowest BCUT2D eigenvalue weighted by Crippen LogP contribution is -2.02. The standard InChI is InChI=1S/C9H12ClNO/c1-6-3-4-9(10)8(5-12-11)7(6)2/h3-4H,5,11H2,1-2H3. The molecule has 0 unspecified atom stereocenters. The van der Waals surface area contributed by atoms with Gasteiger partial charge in [0.25, 0.3) is 0 Å². The fraction of sp³-hybridized carbons (Fsp3) is 0.333. The van der Waals surface area contributed by atoms with Gasteiger partial charge >= 0.3 is 0 Å². The molecule has 1 aromatic rings. The van der Waals surface area contributed by atoms with E-state index in [1.165, 1.54) is 5.56 Å². The molecule has 0 spiro atoms. The van der Waals surface area contributed by atoms with Gasteiger partial charge in [-0.1, -0.05) is 17.7 Å². The normalized spacial score (nSPS) is 10.3. The third-order valence-electron chi connectivity index (χ3n) is 2.04. The number of hydrogen-bond donors (Lipinski definition) is 1. The summed E-state index contributed by atoms with van der Waals surface area (Å²) in [5, 5.41) is 0.712.